The van der Waals surface area contributed by atoms with Gasteiger partial charge in [-0.25, -0.2) is 9.97 Å². The topological polar surface area (TPSA) is 78.5 Å². The summed E-state index contributed by atoms with van der Waals surface area (Å²) in [5.41, 5.74) is 8.51. The molecule has 4 rings (SSSR count). The Morgan fingerprint density at radius 2 is 1.97 bits per heavy atom. The average molecular weight is 442 g/mol. The van der Waals surface area contributed by atoms with Crippen LogP contribution in [0.2, 0.25) is 0 Å². The average Bonchev–Trinajstić information content (AvgIpc) is 3.02. The Balaban J connectivity index is 1.45. The smallest absolute Gasteiger partial charge is 0.159 e. The van der Waals surface area contributed by atoms with Crippen LogP contribution in [0.15, 0.2) is 18.0 Å². The molecule has 2 saturated carbocycles. The lowest BCUT2D eigenvalue weighted by Crippen LogP contribution is -2.57. The van der Waals surface area contributed by atoms with Crippen LogP contribution >= 0.6 is 0 Å². The van der Waals surface area contributed by atoms with Crippen molar-refractivity contribution >= 4 is 17.3 Å². The number of anilines is 3. The third-order valence-corrected chi connectivity index (χ3v) is 9.14. The first-order valence-corrected chi connectivity index (χ1v) is 12.4. The van der Waals surface area contributed by atoms with E-state index in [9.17, 15) is 5.11 Å². The third kappa shape index (κ3) is 4.00. The van der Waals surface area contributed by atoms with Crippen molar-refractivity contribution in [2.24, 2.45) is 22.7 Å². The van der Waals surface area contributed by atoms with Gasteiger partial charge in [-0.1, -0.05) is 38.8 Å². The summed E-state index contributed by atoms with van der Waals surface area (Å²) in [5.74, 6) is 2.50. The molecule has 4 atom stereocenters. The van der Waals surface area contributed by atoms with Gasteiger partial charge in [0.15, 0.2) is 11.6 Å². The van der Waals surface area contributed by atoms with E-state index in [0.29, 0.717) is 23.1 Å². The van der Waals surface area contributed by atoms with Crippen molar-refractivity contribution in [3.05, 3.63) is 18.0 Å². The van der Waals surface area contributed by atoms with Crippen LogP contribution in [0.3, 0.4) is 0 Å². The van der Waals surface area contributed by atoms with E-state index in [2.05, 4.69) is 60.5 Å². The molecule has 32 heavy (non-hydrogen) atoms. The highest BCUT2D eigenvalue weighted by atomic mass is 16.3. The number of nitrogens with zero attached hydrogens (tertiary/aromatic N) is 4. The van der Waals surface area contributed by atoms with Gasteiger partial charge in [-0.15, -0.1) is 0 Å². The van der Waals surface area contributed by atoms with Gasteiger partial charge in [0.25, 0.3) is 0 Å². The van der Waals surface area contributed by atoms with E-state index in [1.165, 1.54) is 31.2 Å². The number of fused-ring (bicyclic) bond motifs is 2. The van der Waals surface area contributed by atoms with Crippen molar-refractivity contribution in [1.82, 2.24) is 9.97 Å². The SMILES string of the molecule is CC(=CCN1CN(C)c2ncnc(N)c21)CCC1C(C)(O)CCC2C(C)(C)CCCC21C. The van der Waals surface area contributed by atoms with Crippen molar-refractivity contribution < 1.29 is 5.11 Å². The molecule has 2 heterocycles. The van der Waals surface area contributed by atoms with Crippen LogP contribution in [0.25, 0.3) is 0 Å². The number of hydrogen-bond donors (Lipinski definition) is 2. The van der Waals surface area contributed by atoms with Crippen LogP contribution in [-0.4, -0.2) is 40.9 Å². The highest BCUT2D eigenvalue weighted by molar-refractivity contribution is 5.81. The van der Waals surface area contributed by atoms with Crippen LogP contribution in [0, 0.1) is 22.7 Å². The van der Waals surface area contributed by atoms with Crippen LogP contribution in [0.4, 0.5) is 17.3 Å². The van der Waals surface area contributed by atoms with E-state index in [1.54, 1.807) is 0 Å². The van der Waals surface area contributed by atoms with Crippen LogP contribution < -0.4 is 15.5 Å². The minimum Gasteiger partial charge on any atom is -0.390 e. The Labute approximate surface area is 194 Å². The second kappa shape index (κ2) is 8.19. The lowest BCUT2D eigenvalue weighted by Gasteiger charge is -2.61. The zero-order valence-electron chi connectivity index (χ0n) is 21.0. The van der Waals surface area contributed by atoms with E-state index in [4.69, 9.17) is 5.73 Å². The molecule has 2 fully saturated rings. The number of nitrogens with two attached hydrogens (primary N) is 1. The predicted molar refractivity (Wildman–Crippen MR) is 133 cm³/mol. The number of aliphatic hydroxyl groups is 1. The van der Waals surface area contributed by atoms with Crippen molar-refractivity contribution in [3.8, 4) is 0 Å². The fraction of sp³-hybridized carbons (Fsp3) is 0.769. The molecule has 4 unspecified atom stereocenters. The predicted octanol–water partition coefficient (Wildman–Crippen LogP) is 4.99. The second-order valence-corrected chi connectivity index (χ2v) is 11.9. The first-order valence-electron chi connectivity index (χ1n) is 12.4. The second-order valence-electron chi connectivity index (χ2n) is 11.9. The van der Waals surface area contributed by atoms with E-state index in [-0.39, 0.29) is 5.41 Å². The summed E-state index contributed by atoms with van der Waals surface area (Å²) in [7, 11) is 2.04. The molecule has 0 radical (unpaired) electrons. The molecule has 2 aliphatic carbocycles. The lowest BCUT2D eigenvalue weighted by molar-refractivity contribution is -0.168. The Morgan fingerprint density at radius 1 is 1.22 bits per heavy atom. The normalized spacial score (nSPS) is 34.4. The molecule has 6 heteroatoms. The standard InChI is InChI=1S/C26H43N5O/c1-18(11-15-31-17-30(6)23-21(31)22(27)28-16-29-23)8-9-20-25(4)13-7-12-24(2,3)19(25)10-14-26(20,5)32/h11,16,19-20,32H,7-10,12-15,17H2,1-6H3,(H2,27,28,29). The fourth-order valence-electron chi connectivity index (χ4n) is 7.51. The summed E-state index contributed by atoms with van der Waals surface area (Å²) in [6.45, 7) is 13.3. The summed E-state index contributed by atoms with van der Waals surface area (Å²) in [6, 6.07) is 0. The monoisotopic (exact) mass is 441 g/mol. The molecular formula is C26H43N5O. The molecule has 3 N–H and O–H groups in total. The van der Waals surface area contributed by atoms with Gasteiger partial charge in [0.05, 0.1) is 12.3 Å². The van der Waals surface area contributed by atoms with Crippen molar-refractivity contribution in [2.45, 2.75) is 85.2 Å². The lowest BCUT2D eigenvalue weighted by atomic mass is 9.45. The minimum atomic E-state index is -0.568. The van der Waals surface area contributed by atoms with E-state index in [0.717, 1.165) is 50.4 Å². The molecule has 1 aromatic heterocycles. The molecule has 0 saturated heterocycles. The number of rotatable bonds is 5. The maximum absolute atomic E-state index is 11.4. The van der Waals surface area contributed by atoms with E-state index < -0.39 is 5.60 Å². The first-order chi connectivity index (χ1) is 15.0. The molecule has 0 bridgehead atoms. The molecular weight excluding hydrogens is 398 g/mol. The number of nitrogen functional groups attached to an aromatic ring is 1. The van der Waals surface area contributed by atoms with Crippen molar-refractivity contribution in [1.29, 1.82) is 0 Å². The molecule has 6 nitrogen and oxygen atoms in total. The Bertz CT molecular complexity index is 879. The first kappa shape index (κ1) is 23.3. The van der Waals surface area contributed by atoms with Crippen molar-refractivity contribution in [3.63, 3.8) is 0 Å². The number of hydrogen-bond acceptors (Lipinski definition) is 6. The molecule has 0 aromatic carbocycles. The van der Waals surface area contributed by atoms with Gasteiger partial charge in [-0.05, 0) is 75.0 Å². The largest absolute Gasteiger partial charge is 0.390 e. The van der Waals surface area contributed by atoms with E-state index in [1.807, 2.05) is 7.05 Å². The molecule has 1 aliphatic heterocycles. The molecule has 1 aromatic rings. The quantitative estimate of drug-likeness (QED) is 0.627. The van der Waals surface area contributed by atoms with Crippen LogP contribution in [-0.2, 0) is 0 Å². The molecule has 0 spiro atoms. The maximum atomic E-state index is 11.4. The van der Waals surface area contributed by atoms with Gasteiger partial charge in [-0.3, -0.25) is 0 Å². The van der Waals surface area contributed by atoms with Crippen LogP contribution in [0.1, 0.15) is 79.6 Å². The van der Waals surface area contributed by atoms with Gasteiger partial charge in [0, 0.05) is 13.6 Å². The summed E-state index contributed by atoms with van der Waals surface area (Å²) in [5, 5.41) is 11.4. The summed E-state index contributed by atoms with van der Waals surface area (Å²) >= 11 is 0. The molecule has 3 aliphatic rings. The summed E-state index contributed by atoms with van der Waals surface area (Å²) in [6.07, 6.45) is 11.9. The van der Waals surface area contributed by atoms with Crippen LogP contribution in [0.5, 0.6) is 0 Å². The zero-order chi connectivity index (χ0) is 23.3. The maximum Gasteiger partial charge on any atom is 0.159 e. The van der Waals surface area contributed by atoms with Gasteiger partial charge >= 0.3 is 0 Å². The zero-order valence-corrected chi connectivity index (χ0v) is 21.0. The summed E-state index contributed by atoms with van der Waals surface area (Å²) in [4.78, 5) is 12.9. The summed E-state index contributed by atoms with van der Waals surface area (Å²) < 4.78 is 0. The van der Waals surface area contributed by atoms with E-state index >= 15 is 0 Å². The van der Waals surface area contributed by atoms with Gasteiger partial charge in [0.1, 0.15) is 12.0 Å². The van der Waals surface area contributed by atoms with Gasteiger partial charge in [0.2, 0.25) is 0 Å². The Kier molecular flexibility index (Phi) is 5.98. The Hall–Kier alpha value is -1.82. The van der Waals surface area contributed by atoms with Crippen molar-refractivity contribution in [2.75, 3.05) is 35.8 Å². The Morgan fingerprint density at radius 3 is 2.72 bits per heavy atom. The fourth-order valence-corrected chi connectivity index (χ4v) is 7.51. The van der Waals surface area contributed by atoms with Gasteiger partial charge < -0.3 is 20.6 Å². The third-order valence-electron chi connectivity index (χ3n) is 9.14. The minimum absolute atomic E-state index is 0.228. The number of allylic oxidation sites excluding steroid dienone is 1. The number of aromatic nitrogens is 2. The molecule has 0 amide bonds. The highest BCUT2D eigenvalue weighted by Crippen LogP contribution is 2.63. The highest BCUT2D eigenvalue weighted by Gasteiger charge is 2.57. The van der Waals surface area contributed by atoms with Gasteiger partial charge in [-0.2, -0.15) is 0 Å². The molecule has 178 valence electrons.